The minimum absolute atomic E-state index is 0. The number of rotatable bonds is 0. The van der Waals surface area contributed by atoms with Crippen LogP contribution in [0.5, 0.6) is 0 Å². The van der Waals surface area contributed by atoms with Gasteiger partial charge in [-0.15, -0.1) is 0 Å². The van der Waals surface area contributed by atoms with Crippen LogP contribution in [0.3, 0.4) is 0 Å². The molecule has 0 aromatic carbocycles. The van der Waals surface area contributed by atoms with Gasteiger partial charge in [0.15, 0.2) is 0 Å². The standard InChI is InChI=1S/BrO4.Na.H2O/c2-1(3,4)5;;/h;;1H2/q-1;+1;. The van der Waals surface area contributed by atoms with Crippen molar-refractivity contribution in [3.8, 4) is 0 Å². The first-order chi connectivity index (χ1) is 2.00. The van der Waals surface area contributed by atoms with E-state index in [9.17, 15) is 0 Å². The van der Waals surface area contributed by atoms with Gasteiger partial charge in [0, 0.05) is 0 Å². The van der Waals surface area contributed by atoms with Crippen LogP contribution in [-0.4, -0.2) is 5.48 Å². The second-order valence-electron chi connectivity index (χ2n) is 0.378. The van der Waals surface area contributed by atoms with Gasteiger partial charge in [0.05, 0.1) is 14.1 Å². The van der Waals surface area contributed by atoms with Crippen molar-refractivity contribution in [2.75, 3.05) is 0 Å². The Morgan fingerprint density at radius 1 is 0.857 bits per heavy atom. The Hall–Kier alpha value is 1.28. The maximum Gasteiger partial charge on any atom is 1.00 e. The SMILES string of the molecule is O.[Na+].[O-][Br+3]([O-])([O-])[O-]. The van der Waals surface area contributed by atoms with Gasteiger partial charge in [-0.2, -0.15) is 0 Å². The largest absolute Gasteiger partial charge is 1.00 e. The summed E-state index contributed by atoms with van der Waals surface area (Å²) in [5, 5.41) is 0. The molecule has 0 saturated heterocycles. The Kier molecular flexibility index (Phi) is 12.2. The summed E-state index contributed by atoms with van der Waals surface area (Å²) in [5.41, 5.74) is 0. The van der Waals surface area contributed by atoms with Crippen LogP contribution in [0.2, 0.25) is 0 Å². The molecule has 0 amide bonds. The Bertz CT molecular complexity index is 23.6. The summed E-state index contributed by atoms with van der Waals surface area (Å²) in [7, 11) is 0. The van der Waals surface area contributed by atoms with Crippen molar-refractivity contribution in [2.45, 2.75) is 0 Å². The van der Waals surface area contributed by atoms with Crippen molar-refractivity contribution in [3.05, 3.63) is 0 Å². The number of hydrogen-bond acceptors (Lipinski definition) is 4. The monoisotopic (exact) mass is 184 g/mol. The average Bonchev–Trinajstić information content (AvgIpc) is 0.722. The van der Waals surface area contributed by atoms with Crippen LogP contribution in [-0.2, 0) is 0 Å². The van der Waals surface area contributed by atoms with Crippen LogP contribution in [0.1, 0.15) is 0 Å². The molecule has 0 aromatic heterocycles. The summed E-state index contributed by atoms with van der Waals surface area (Å²) in [5.74, 6) is 0. The first-order valence-corrected chi connectivity index (χ1v) is 3.21. The molecule has 0 aromatic rings. The fraction of sp³-hybridized carbons (Fsp3) is 0. The van der Waals surface area contributed by atoms with Gasteiger partial charge in [-0.05, 0) is 0 Å². The molecule has 40 valence electrons. The van der Waals surface area contributed by atoms with Crippen molar-refractivity contribution in [2.24, 2.45) is 0 Å². The third-order valence-corrected chi connectivity index (χ3v) is 0. The van der Waals surface area contributed by atoms with E-state index in [1.807, 2.05) is 0 Å². The topological polar surface area (TPSA) is 124 Å². The fourth-order valence-corrected chi connectivity index (χ4v) is 0. The van der Waals surface area contributed by atoms with Crippen LogP contribution in [0.4, 0.5) is 0 Å². The summed E-state index contributed by atoms with van der Waals surface area (Å²) < 4.78 is 34.3. The molecular formula is H2BrNaO5. The molecule has 7 heteroatoms. The van der Waals surface area contributed by atoms with E-state index in [0.717, 1.165) is 0 Å². The molecule has 0 saturated carbocycles. The van der Waals surface area contributed by atoms with Crippen LogP contribution in [0.15, 0.2) is 0 Å². The van der Waals surface area contributed by atoms with Gasteiger partial charge in [-0.1, -0.05) is 0 Å². The van der Waals surface area contributed by atoms with E-state index in [2.05, 4.69) is 0 Å². The third-order valence-electron chi connectivity index (χ3n) is 0. The second kappa shape index (κ2) is 5.42. The van der Waals surface area contributed by atoms with Crippen molar-refractivity contribution in [3.63, 3.8) is 0 Å². The molecule has 0 aliphatic carbocycles. The minimum Gasteiger partial charge on any atom is -0.412 e. The quantitative estimate of drug-likeness (QED) is 0.347. The molecule has 0 unspecified atom stereocenters. The van der Waals surface area contributed by atoms with Crippen molar-refractivity contribution >= 4 is 0 Å². The zero-order valence-corrected chi connectivity index (χ0v) is 7.10. The van der Waals surface area contributed by atoms with E-state index in [1.54, 1.807) is 0 Å². The van der Waals surface area contributed by atoms with E-state index in [1.165, 1.54) is 0 Å². The molecular weight excluding hydrogens is 183 g/mol. The zero-order valence-electron chi connectivity index (χ0n) is 3.51. The molecule has 0 fully saturated rings. The maximum absolute atomic E-state index is 8.58. The summed E-state index contributed by atoms with van der Waals surface area (Å²) in [4.78, 5) is 0. The van der Waals surface area contributed by atoms with E-state index < -0.39 is 14.1 Å². The van der Waals surface area contributed by atoms with Gasteiger partial charge >= 0.3 is 29.6 Å². The molecule has 0 bridgehead atoms. The number of halogens is 1. The minimum atomic E-state index is -5.62. The van der Waals surface area contributed by atoms with Crippen LogP contribution in [0.25, 0.3) is 0 Å². The van der Waals surface area contributed by atoms with Crippen molar-refractivity contribution < 1.29 is 65.9 Å². The van der Waals surface area contributed by atoms with E-state index in [-0.39, 0.29) is 35.0 Å². The Morgan fingerprint density at radius 3 is 0.857 bits per heavy atom. The Labute approximate surface area is 65.7 Å². The molecule has 0 spiro atoms. The van der Waals surface area contributed by atoms with Gasteiger partial charge in [-0.3, -0.25) is 16.8 Å². The molecule has 5 nitrogen and oxygen atoms in total. The fourth-order valence-electron chi connectivity index (χ4n) is 0. The smallest absolute Gasteiger partial charge is 0.412 e. The van der Waals surface area contributed by atoms with Gasteiger partial charge in [-0.25, -0.2) is 0 Å². The first-order valence-electron chi connectivity index (χ1n) is 0.617. The summed E-state index contributed by atoms with van der Waals surface area (Å²) in [6.07, 6.45) is 0. The molecule has 0 rings (SSSR count). The van der Waals surface area contributed by atoms with Gasteiger partial charge in [0.1, 0.15) is 0 Å². The van der Waals surface area contributed by atoms with Crippen molar-refractivity contribution in [1.82, 2.24) is 0 Å². The summed E-state index contributed by atoms with van der Waals surface area (Å²) >= 11 is -5.62. The molecule has 0 aliphatic rings. The zero-order chi connectivity index (χ0) is 4.50. The summed E-state index contributed by atoms with van der Waals surface area (Å²) in [6.45, 7) is 0. The molecule has 0 heterocycles. The molecule has 0 atom stereocenters. The normalized spacial score (nSPS) is 8.57. The molecule has 2 N–H and O–H groups in total. The van der Waals surface area contributed by atoms with Crippen LogP contribution >= 0.6 is 0 Å². The van der Waals surface area contributed by atoms with Crippen molar-refractivity contribution in [1.29, 1.82) is 0 Å². The van der Waals surface area contributed by atoms with Gasteiger partial charge in [0.2, 0.25) is 0 Å². The number of hydrogen-bond donors (Lipinski definition) is 0. The van der Waals surface area contributed by atoms with E-state index >= 15 is 0 Å². The first kappa shape index (κ1) is 15.7. The third kappa shape index (κ3) is 124. The molecule has 0 radical (unpaired) electrons. The van der Waals surface area contributed by atoms with Gasteiger partial charge in [0.25, 0.3) is 0 Å². The molecule has 0 aliphatic heterocycles. The summed E-state index contributed by atoms with van der Waals surface area (Å²) in [6, 6.07) is 0. The van der Waals surface area contributed by atoms with Crippen LogP contribution < -0.4 is 46.3 Å². The predicted octanol–water partition coefficient (Wildman–Crippen LogP) is -8.58. The average molecular weight is 185 g/mol. The van der Waals surface area contributed by atoms with Gasteiger partial charge < -0.3 is 5.48 Å². The maximum atomic E-state index is 8.58. The Morgan fingerprint density at radius 2 is 0.857 bits per heavy atom. The molecule has 7 heavy (non-hydrogen) atoms. The van der Waals surface area contributed by atoms with E-state index in [0.29, 0.717) is 0 Å². The predicted molar refractivity (Wildman–Crippen MR) is 3.61 cm³/mol. The van der Waals surface area contributed by atoms with Crippen LogP contribution in [0, 0.1) is 14.1 Å². The Balaban J connectivity index is -0.0000000800. The second-order valence-corrected chi connectivity index (χ2v) is 1.96. The van der Waals surface area contributed by atoms with E-state index in [4.69, 9.17) is 16.8 Å².